The van der Waals surface area contributed by atoms with Gasteiger partial charge in [0.1, 0.15) is 11.6 Å². The van der Waals surface area contributed by atoms with Gasteiger partial charge in [0.25, 0.3) is 0 Å². The van der Waals surface area contributed by atoms with E-state index in [1.807, 2.05) is 25.2 Å². The first-order valence-electron chi connectivity index (χ1n) is 6.08. The summed E-state index contributed by atoms with van der Waals surface area (Å²) >= 11 is 0. The zero-order chi connectivity index (χ0) is 12.8. The van der Waals surface area contributed by atoms with Gasteiger partial charge in [0, 0.05) is 24.8 Å². The lowest BCUT2D eigenvalue weighted by molar-refractivity contribution is 0.756. The molecule has 2 rings (SSSR count). The Morgan fingerprint density at radius 2 is 1.89 bits per heavy atom. The summed E-state index contributed by atoms with van der Waals surface area (Å²) in [6.45, 7) is 2.96. The molecule has 1 heterocycles. The highest BCUT2D eigenvalue weighted by atomic mass is 15.0. The van der Waals surface area contributed by atoms with Crippen molar-refractivity contribution in [3.8, 4) is 0 Å². The molecule has 0 aliphatic rings. The zero-order valence-electron chi connectivity index (χ0n) is 10.8. The Morgan fingerprint density at radius 1 is 1.11 bits per heavy atom. The van der Waals surface area contributed by atoms with E-state index in [0.29, 0.717) is 0 Å². The second-order valence-corrected chi connectivity index (χ2v) is 4.20. The zero-order valence-corrected chi connectivity index (χ0v) is 10.8. The number of aryl methyl sites for hydroxylation is 1. The molecule has 0 unspecified atom stereocenters. The number of benzene rings is 1. The van der Waals surface area contributed by atoms with Crippen LogP contribution >= 0.6 is 0 Å². The van der Waals surface area contributed by atoms with Crippen LogP contribution in [-0.4, -0.2) is 23.6 Å². The number of likely N-dealkylation sites (N-methyl/N-ethyl adjacent to an activating group) is 1. The molecule has 0 radical (unpaired) electrons. The van der Waals surface area contributed by atoms with Gasteiger partial charge in [-0.15, -0.1) is 0 Å². The van der Waals surface area contributed by atoms with Crippen molar-refractivity contribution in [3.63, 3.8) is 0 Å². The Morgan fingerprint density at radius 3 is 2.61 bits per heavy atom. The third-order valence-electron chi connectivity index (χ3n) is 2.63. The molecule has 0 bridgehead atoms. The van der Waals surface area contributed by atoms with Crippen LogP contribution in [0.4, 0.5) is 11.5 Å². The molecule has 0 saturated heterocycles. The minimum absolute atomic E-state index is 0.833. The molecule has 18 heavy (non-hydrogen) atoms. The third-order valence-corrected chi connectivity index (χ3v) is 2.63. The molecule has 0 aliphatic heterocycles. The number of nitrogens with zero attached hydrogens (tertiary/aromatic N) is 2. The number of hydrogen-bond donors (Lipinski definition) is 2. The monoisotopic (exact) mass is 242 g/mol. The van der Waals surface area contributed by atoms with Gasteiger partial charge in [-0.05, 0) is 32.2 Å². The average molecular weight is 242 g/mol. The van der Waals surface area contributed by atoms with Gasteiger partial charge >= 0.3 is 0 Å². The lowest BCUT2D eigenvalue weighted by atomic mass is 10.2. The van der Waals surface area contributed by atoms with Crippen LogP contribution in [0.25, 0.3) is 0 Å². The minimum atomic E-state index is 0.833. The molecular weight excluding hydrogens is 224 g/mol. The summed E-state index contributed by atoms with van der Waals surface area (Å²) in [6, 6.07) is 10.1. The van der Waals surface area contributed by atoms with Gasteiger partial charge < -0.3 is 10.6 Å². The molecule has 2 N–H and O–H groups in total. The van der Waals surface area contributed by atoms with E-state index in [4.69, 9.17) is 0 Å². The first kappa shape index (κ1) is 12.5. The summed E-state index contributed by atoms with van der Waals surface area (Å²) in [4.78, 5) is 8.71. The summed E-state index contributed by atoms with van der Waals surface area (Å²) in [5.41, 5.74) is 2.29. The number of hydrogen-bond acceptors (Lipinski definition) is 4. The summed E-state index contributed by atoms with van der Waals surface area (Å²) < 4.78 is 0. The Kier molecular flexibility index (Phi) is 4.25. The molecule has 2 aromatic rings. The van der Waals surface area contributed by atoms with Crippen molar-refractivity contribution >= 4 is 11.5 Å². The van der Waals surface area contributed by atoms with Crippen LogP contribution in [0, 0.1) is 6.92 Å². The predicted octanol–water partition coefficient (Wildman–Crippen LogP) is 2.29. The van der Waals surface area contributed by atoms with E-state index in [0.717, 1.165) is 30.3 Å². The predicted molar refractivity (Wildman–Crippen MR) is 74.1 cm³/mol. The Hall–Kier alpha value is -1.94. The normalized spacial score (nSPS) is 10.3. The third kappa shape index (κ3) is 3.53. The molecule has 0 fully saturated rings. The fourth-order valence-corrected chi connectivity index (χ4v) is 1.61. The average Bonchev–Trinajstić information content (AvgIpc) is 2.40. The summed E-state index contributed by atoms with van der Waals surface area (Å²) in [5, 5.41) is 6.37. The number of aromatic nitrogens is 2. The minimum Gasteiger partial charge on any atom is -0.340 e. The van der Waals surface area contributed by atoms with E-state index < -0.39 is 0 Å². The molecule has 0 saturated carbocycles. The summed E-state index contributed by atoms with van der Waals surface area (Å²) in [5.74, 6) is 1.68. The fraction of sp³-hybridized carbons (Fsp3) is 0.286. The van der Waals surface area contributed by atoms with Crippen LogP contribution in [0.2, 0.25) is 0 Å². The van der Waals surface area contributed by atoms with Gasteiger partial charge in [-0.2, -0.15) is 0 Å². The van der Waals surface area contributed by atoms with E-state index in [-0.39, 0.29) is 0 Å². The molecule has 0 atom stereocenters. The van der Waals surface area contributed by atoms with Crippen molar-refractivity contribution < 1.29 is 0 Å². The number of nitrogens with one attached hydrogen (secondary N) is 2. The van der Waals surface area contributed by atoms with Gasteiger partial charge in [-0.1, -0.05) is 17.7 Å². The van der Waals surface area contributed by atoms with Gasteiger partial charge in [0.05, 0.1) is 0 Å². The van der Waals surface area contributed by atoms with Crippen molar-refractivity contribution in [1.82, 2.24) is 15.3 Å². The standard InChI is InChI=1S/C14H18N4/c1-11-3-5-12(6-4-11)17-14-8-10-16-13(18-14)7-9-15-2/h3-6,8,10,15H,7,9H2,1-2H3,(H,16,17,18). The van der Waals surface area contributed by atoms with Crippen LogP contribution in [0.1, 0.15) is 11.4 Å². The molecule has 0 aliphatic carbocycles. The smallest absolute Gasteiger partial charge is 0.134 e. The fourth-order valence-electron chi connectivity index (χ4n) is 1.61. The lowest BCUT2D eigenvalue weighted by Gasteiger charge is -2.07. The molecule has 4 heteroatoms. The van der Waals surface area contributed by atoms with E-state index in [9.17, 15) is 0 Å². The quantitative estimate of drug-likeness (QED) is 0.844. The van der Waals surface area contributed by atoms with Crippen LogP contribution in [-0.2, 0) is 6.42 Å². The van der Waals surface area contributed by atoms with Crippen LogP contribution in [0.3, 0.4) is 0 Å². The van der Waals surface area contributed by atoms with E-state index in [1.54, 1.807) is 6.20 Å². The van der Waals surface area contributed by atoms with Crippen LogP contribution < -0.4 is 10.6 Å². The largest absolute Gasteiger partial charge is 0.340 e. The van der Waals surface area contributed by atoms with Gasteiger partial charge in [0.2, 0.25) is 0 Å². The van der Waals surface area contributed by atoms with E-state index in [2.05, 4.69) is 39.7 Å². The highest BCUT2D eigenvalue weighted by Gasteiger charge is 1.99. The highest BCUT2D eigenvalue weighted by Crippen LogP contribution is 2.14. The Bertz CT molecular complexity index is 493. The molecule has 1 aromatic heterocycles. The van der Waals surface area contributed by atoms with E-state index >= 15 is 0 Å². The first-order valence-corrected chi connectivity index (χ1v) is 6.08. The molecule has 0 spiro atoms. The van der Waals surface area contributed by atoms with Crippen molar-refractivity contribution in [2.45, 2.75) is 13.3 Å². The van der Waals surface area contributed by atoms with Crippen molar-refractivity contribution in [2.24, 2.45) is 0 Å². The second-order valence-electron chi connectivity index (χ2n) is 4.20. The topological polar surface area (TPSA) is 49.8 Å². The van der Waals surface area contributed by atoms with Crippen LogP contribution in [0.15, 0.2) is 36.5 Å². The maximum absolute atomic E-state index is 4.47. The number of rotatable bonds is 5. The maximum atomic E-state index is 4.47. The molecule has 0 amide bonds. The van der Waals surface area contributed by atoms with Gasteiger partial charge in [-0.3, -0.25) is 0 Å². The first-order chi connectivity index (χ1) is 8.78. The highest BCUT2D eigenvalue weighted by molar-refractivity contribution is 5.55. The molecular formula is C14H18N4. The lowest BCUT2D eigenvalue weighted by Crippen LogP contribution is -2.12. The summed E-state index contributed by atoms with van der Waals surface area (Å²) in [7, 11) is 1.93. The SMILES string of the molecule is CNCCc1nccc(Nc2ccc(C)cc2)n1. The molecule has 4 nitrogen and oxygen atoms in total. The van der Waals surface area contributed by atoms with Gasteiger partial charge in [0.15, 0.2) is 0 Å². The van der Waals surface area contributed by atoms with Gasteiger partial charge in [-0.25, -0.2) is 9.97 Å². The molecule has 94 valence electrons. The van der Waals surface area contributed by atoms with E-state index in [1.165, 1.54) is 5.56 Å². The van der Waals surface area contributed by atoms with Crippen molar-refractivity contribution in [3.05, 3.63) is 47.9 Å². The second kappa shape index (κ2) is 6.12. The Balaban J connectivity index is 2.06. The Labute approximate surface area is 107 Å². The van der Waals surface area contributed by atoms with Crippen LogP contribution in [0.5, 0.6) is 0 Å². The number of anilines is 2. The van der Waals surface area contributed by atoms with Crippen molar-refractivity contribution in [2.75, 3.05) is 18.9 Å². The maximum Gasteiger partial charge on any atom is 0.134 e. The van der Waals surface area contributed by atoms with Crippen molar-refractivity contribution in [1.29, 1.82) is 0 Å². The summed E-state index contributed by atoms with van der Waals surface area (Å²) in [6.07, 6.45) is 2.62. The molecule has 1 aromatic carbocycles.